The van der Waals surface area contributed by atoms with Crippen LogP contribution in [0.15, 0.2) is 24.3 Å². The van der Waals surface area contributed by atoms with Gasteiger partial charge in [-0.2, -0.15) is 0 Å². The zero-order valence-corrected chi connectivity index (χ0v) is 12.1. The van der Waals surface area contributed by atoms with Crippen LogP contribution in [0.3, 0.4) is 0 Å². The van der Waals surface area contributed by atoms with Crippen molar-refractivity contribution in [3.63, 3.8) is 0 Å². The van der Waals surface area contributed by atoms with Gasteiger partial charge in [0.05, 0.1) is 31.7 Å². The van der Waals surface area contributed by atoms with Gasteiger partial charge >= 0.3 is 0 Å². The van der Waals surface area contributed by atoms with E-state index in [9.17, 15) is 8.42 Å². The predicted molar refractivity (Wildman–Crippen MR) is 75.5 cm³/mol. The highest BCUT2D eigenvalue weighted by Crippen LogP contribution is 2.06. The van der Waals surface area contributed by atoms with Crippen LogP contribution in [-0.2, 0) is 32.6 Å². The Morgan fingerprint density at radius 2 is 1.90 bits per heavy atom. The molecule has 0 unspecified atom stereocenters. The van der Waals surface area contributed by atoms with Crippen LogP contribution in [0.25, 0.3) is 0 Å². The molecule has 0 saturated carbocycles. The summed E-state index contributed by atoms with van der Waals surface area (Å²) in [5.41, 5.74) is 7.42. The van der Waals surface area contributed by atoms with E-state index in [1.54, 1.807) is 0 Å². The summed E-state index contributed by atoms with van der Waals surface area (Å²) >= 11 is 0. The standard InChI is InChI=1S/C13H20N2O4S/c14-7-11-1-3-12(4-2-11)8-15-20(16,17)10-13-9-18-5-6-19-13/h1-4,13,15H,5-10,14H2/t13-/m0/s1. The SMILES string of the molecule is NCc1ccc(CNS(=O)(=O)C[C@@H]2COCCO2)cc1. The molecule has 1 aliphatic rings. The molecule has 0 bridgehead atoms. The van der Waals surface area contributed by atoms with Crippen molar-refractivity contribution in [3.05, 3.63) is 35.4 Å². The van der Waals surface area contributed by atoms with E-state index in [2.05, 4.69) is 4.72 Å². The Bertz CT molecular complexity index is 510. The Kier molecular flexibility index (Phi) is 5.50. The molecule has 1 fully saturated rings. The van der Waals surface area contributed by atoms with E-state index in [1.165, 1.54) is 0 Å². The van der Waals surface area contributed by atoms with E-state index >= 15 is 0 Å². The number of nitrogens with two attached hydrogens (primary N) is 1. The fourth-order valence-corrected chi connectivity index (χ4v) is 3.11. The molecule has 3 N–H and O–H groups in total. The van der Waals surface area contributed by atoms with Crippen LogP contribution in [0.5, 0.6) is 0 Å². The van der Waals surface area contributed by atoms with E-state index in [1.807, 2.05) is 24.3 Å². The molecule has 2 rings (SSSR count). The summed E-state index contributed by atoms with van der Waals surface area (Å²) in [7, 11) is -3.37. The predicted octanol–water partition coefficient (Wildman–Crippen LogP) is -0.0199. The maximum absolute atomic E-state index is 11.9. The van der Waals surface area contributed by atoms with Crippen molar-refractivity contribution < 1.29 is 17.9 Å². The molecule has 7 heteroatoms. The molecule has 0 radical (unpaired) electrons. The lowest BCUT2D eigenvalue weighted by Crippen LogP contribution is -2.38. The summed E-state index contributed by atoms with van der Waals surface area (Å²) < 4.78 is 36.9. The zero-order valence-electron chi connectivity index (χ0n) is 11.2. The van der Waals surface area contributed by atoms with Crippen molar-refractivity contribution in [2.24, 2.45) is 5.73 Å². The largest absolute Gasteiger partial charge is 0.376 e. The Balaban J connectivity index is 1.84. The van der Waals surface area contributed by atoms with Crippen LogP contribution in [-0.4, -0.2) is 40.1 Å². The Morgan fingerprint density at radius 3 is 2.50 bits per heavy atom. The van der Waals surface area contributed by atoms with Gasteiger partial charge in [-0.1, -0.05) is 24.3 Å². The third-order valence-corrected chi connectivity index (χ3v) is 4.44. The van der Waals surface area contributed by atoms with E-state index < -0.39 is 10.0 Å². The minimum absolute atomic E-state index is 0.0755. The van der Waals surface area contributed by atoms with Crippen molar-refractivity contribution in [2.45, 2.75) is 19.2 Å². The lowest BCUT2D eigenvalue weighted by Gasteiger charge is -2.22. The minimum Gasteiger partial charge on any atom is -0.376 e. The molecule has 0 amide bonds. The lowest BCUT2D eigenvalue weighted by atomic mass is 10.1. The first kappa shape index (κ1) is 15.4. The second-order valence-electron chi connectivity index (χ2n) is 4.69. The minimum atomic E-state index is -3.37. The van der Waals surface area contributed by atoms with Gasteiger partial charge in [0, 0.05) is 13.1 Å². The molecule has 1 aromatic rings. The Hall–Kier alpha value is -0.990. The van der Waals surface area contributed by atoms with E-state index in [0.29, 0.717) is 26.4 Å². The van der Waals surface area contributed by atoms with Crippen LogP contribution in [0.1, 0.15) is 11.1 Å². The van der Waals surface area contributed by atoms with Crippen LogP contribution >= 0.6 is 0 Å². The summed E-state index contributed by atoms with van der Waals surface area (Å²) in [6, 6.07) is 7.51. The van der Waals surface area contributed by atoms with Crippen molar-refractivity contribution in [1.29, 1.82) is 0 Å². The van der Waals surface area contributed by atoms with Crippen LogP contribution < -0.4 is 10.5 Å². The first-order chi connectivity index (χ1) is 9.59. The molecule has 0 spiro atoms. The van der Waals surface area contributed by atoms with Crippen molar-refractivity contribution in [3.8, 4) is 0 Å². The van der Waals surface area contributed by atoms with Crippen LogP contribution in [0, 0.1) is 0 Å². The number of hydrogen-bond acceptors (Lipinski definition) is 5. The number of rotatable bonds is 6. The average molecular weight is 300 g/mol. The van der Waals surface area contributed by atoms with Crippen LogP contribution in [0.2, 0.25) is 0 Å². The van der Waals surface area contributed by atoms with E-state index in [-0.39, 0.29) is 18.4 Å². The van der Waals surface area contributed by atoms with Gasteiger partial charge in [-0.15, -0.1) is 0 Å². The van der Waals surface area contributed by atoms with Gasteiger partial charge in [0.25, 0.3) is 0 Å². The average Bonchev–Trinajstić information content (AvgIpc) is 2.46. The molecular weight excluding hydrogens is 280 g/mol. The molecule has 1 atom stereocenters. The van der Waals surface area contributed by atoms with Crippen molar-refractivity contribution in [1.82, 2.24) is 4.72 Å². The number of ether oxygens (including phenoxy) is 2. The second-order valence-corrected chi connectivity index (χ2v) is 6.54. The summed E-state index contributed by atoms with van der Waals surface area (Å²) in [5, 5.41) is 0. The summed E-state index contributed by atoms with van der Waals surface area (Å²) in [5.74, 6) is -0.0755. The van der Waals surface area contributed by atoms with Gasteiger partial charge in [-0.05, 0) is 11.1 Å². The maximum Gasteiger partial charge on any atom is 0.214 e. The topological polar surface area (TPSA) is 90.7 Å². The summed E-state index contributed by atoms with van der Waals surface area (Å²) in [6.07, 6.45) is -0.388. The van der Waals surface area contributed by atoms with Crippen LogP contribution in [0.4, 0.5) is 0 Å². The number of nitrogens with one attached hydrogen (secondary N) is 1. The molecule has 1 saturated heterocycles. The van der Waals surface area contributed by atoms with E-state index in [4.69, 9.17) is 15.2 Å². The quantitative estimate of drug-likeness (QED) is 0.770. The number of sulfonamides is 1. The molecule has 20 heavy (non-hydrogen) atoms. The molecule has 0 aromatic heterocycles. The Morgan fingerprint density at radius 1 is 1.20 bits per heavy atom. The van der Waals surface area contributed by atoms with Gasteiger partial charge in [0.1, 0.15) is 0 Å². The highest BCUT2D eigenvalue weighted by atomic mass is 32.2. The highest BCUT2D eigenvalue weighted by molar-refractivity contribution is 7.89. The highest BCUT2D eigenvalue weighted by Gasteiger charge is 2.22. The third kappa shape index (κ3) is 4.84. The molecule has 0 aliphatic carbocycles. The van der Waals surface area contributed by atoms with Gasteiger partial charge < -0.3 is 15.2 Å². The Labute approximate surface area is 119 Å². The first-order valence-electron chi connectivity index (χ1n) is 6.53. The van der Waals surface area contributed by atoms with Crippen molar-refractivity contribution >= 4 is 10.0 Å². The summed E-state index contributed by atoms with van der Waals surface area (Å²) in [6.45, 7) is 2.04. The second kappa shape index (κ2) is 7.14. The van der Waals surface area contributed by atoms with Gasteiger partial charge in [0.15, 0.2) is 0 Å². The molecular formula is C13H20N2O4S. The zero-order chi connectivity index (χ0) is 14.4. The first-order valence-corrected chi connectivity index (χ1v) is 8.19. The number of benzene rings is 1. The number of hydrogen-bond donors (Lipinski definition) is 2. The lowest BCUT2D eigenvalue weighted by molar-refractivity contribution is -0.0783. The molecule has 1 aromatic carbocycles. The molecule has 6 nitrogen and oxygen atoms in total. The van der Waals surface area contributed by atoms with E-state index in [0.717, 1.165) is 11.1 Å². The molecule has 1 heterocycles. The molecule has 1 aliphatic heterocycles. The van der Waals surface area contributed by atoms with Gasteiger partial charge in [-0.25, -0.2) is 13.1 Å². The maximum atomic E-state index is 11.9. The summed E-state index contributed by atoms with van der Waals surface area (Å²) in [4.78, 5) is 0. The fraction of sp³-hybridized carbons (Fsp3) is 0.538. The monoisotopic (exact) mass is 300 g/mol. The van der Waals surface area contributed by atoms with Crippen molar-refractivity contribution in [2.75, 3.05) is 25.6 Å². The smallest absolute Gasteiger partial charge is 0.214 e. The third-order valence-electron chi connectivity index (χ3n) is 3.05. The van der Waals surface area contributed by atoms with Gasteiger partial charge in [-0.3, -0.25) is 0 Å². The normalized spacial score (nSPS) is 19.9. The molecule has 112 valence electrons. The fourth-order valence-electron chi connectivity index (χ4n) is 1.92. The van der Waals surface area contributed by atoms with Gasteiger partial charge in [0.2, 0.25) is 10.0 Å².